The van der Waals surface area contributed by atoms with E-state index in [1.807, 2.05) is 6.92 Å². The molecule has 1 atom stereocenters. The molecule has 1 saturated heterocycles. The molecule has 2 fully saturated rings. The Hall–Kier alpha value is -0.610. The summed E-state index contributed by atoms with van der Waals surface area (Å²) in [6, 6.07) is 0. The summed E-state index contributed by atoms with van der Waals surface area (Å²) in [7, 11) is 0. The number of carbonyl (C=O) groups is 1. The molecule has 0 amide bonds. The molecule has 0 radical (unpaired) electrons. The molecule has 1 aliphatic carbocycles. The Morgan fingerprint density at radius 2 is 2.00 bits per heavy atom. The van der Waals surface area contributed by atoms with Crippen molar-refractivity contribution in [3.63, 3.8) is 0 Å². The van der Waals surface area contributed by atoms with Gasteiger partial charge in [-0.25, -0.2) is 4.79 Å². The Morgan fingerprint density at radius 3 is 2.65 bits per heavy atom. The Bertz CT molecular complexity index is 293. The number of epoxide rings is 1. The van der Waals surface area contributed by atoms with Crippen LogP contribution in [0, 0.1) is 5.92 Å². The van der Waals surface area contributed by atoms with Crippen molar-refractivity contribution in [2.75, 3.05) is 26.4 Å². The molecule has 1 aliphatic heterocycles. The van der Waals surface area contributed by atoms with E-state index >= 15 is 0 Å². The van der Waals surface area contributed by atoms with Gasteiger partial charge >= 0.3 is 5.97 Å². The topological polar surface area (TPSA) is 48.1 Å². The molecule has 4 heteroatoms. The Kier molecular flexibility index (Phi) is 6.30. The molecule has 1 heterocycles. The van der Waals surface area contributed by atoms with Crippen LogP contribution < -0.4 is 0 Å². The van der Waals surface area contributed by atoms with Gasteiger partial charge in [0.15, 0.2) is 5.60 Å². The minimum atomic E-state index is -0.636. The minimum Gasteiger partial charge on any atom is -0.464 e. The lowest BCUT2D eigenvalue weighted by molar-refractivity contribution is -0.149. The average molecular weight is 284 g/mol. The van der Waals surface area contributed by atoms with E-state index in [9.17, 15) is 4.79 Å². The minimum absolute atomic E-state index is 0.206. The highest BCUT2D eigenvalue weighted by atomic mass is 16.6. The van der Waals surface area contributed by atoms with Crippen LogP contribution in [0.3, 0.4) is 0 Å². The summed E-state index contributed by atoms with van der Waals surface area (Å²) in [5.41, 5.74) is -0.636. The van der Waals surface area contributed by atoms with Crippen LogP contribution in [0.4, 0.5) is 0 Å². The molecule has 0 aromatic carbocycles. The maximum Gasteiger partial charge on any atom is 0.340 e. The Labute approximate surface area is 122 Å². The third-order valence-corrected chi connectivity index (χ3v) is 4.40. The third kappa shape index (κ3) is 4.74. The van der Waals surface area contributed by atoms with E-state index in [0.717, 1.165) is 32.0 Å². The first kappa shape index (κ1) is 15.8. The lowest BCUT2D eigenvalue weighted by Crippen LogP contribution is -2.27. The van der Waals surface area contributed by atoms with Crippen LogP contribution in [-0.4, -0.2) is 38.0 Å². The maximum atomic E-state index is 11.7. The molecule has 1 unspecified atom stereocenters. The van der Waals surface area contributed by atoms with Crippen molar-refractivity contribution in [1.29, 1.82) is 0 Å². The lowest BCUT2D eigenvalue weighted by Gasteiger charge is -2.21. The summed E-state index contributed by atoms with van der Waals surface area (Å²) < 4.78 is 16.0. The number of hydrogen-bond acceptors (Lipinski definition) is 4. The SMILES string of the molecule is CCOC(=O)C1(CCCOCCC2CCCCC2)CO1. The highest BCUT2D eigenvalue weighted by Crippen LogP contribution is 2.33. The van der Waals surface area contributed by atoms with Gasteiger partial charge in [0, 0.05) is 13.2 Å². The first-order valence-electron chi connectivity index (χ1n) is 8.16. The molecule has 1 saturated carbocycles. The normalized spacial score (nSPS) is 26.4. The van der Waals surface area contributed by atoms with Crippen molar-refractivity contribution in [3.05, 3.63) is 0 Å². The van der Waals surface area contributed by atoms with E-state index in [2.05, 4.69) is 0 Å². The maximum absolute atomic E-state index is 11.7. The monoisotopic (exact) mass is 284 g/mol. The van der Waals surface area contributed by atoms with Crippen molar-refractivity contribution < 1.29 is 19.0 Å². The van der Waals surface area contributed by atoms with Crippen LogP contribution in [0.25, 0.3) is 0 Å². The van der Waals surface area contributed by atoms with Crippen molar-refractivity contribution in [2.24, 2.45) is 5.92 Å². The molecule has 0 spiro atoms. The first-order chi connectivity index (χ1) is 9.77. The average Bonchev–Trinajstić information content (AvgIpc) is 3.25. The Morgan fingerprint density at radius 1 is 1.25 bits per heavy atom. The van der Waals surface area contributed by atoms with Crippen molar-refractivity contribution >= 4 is 5.97 Å². The zero-order chi connectivity index (χ0) is 14.3. The van der Waals surface area contributed by atoms with Crippen LogP contribution in [-0.2, 0) is 19.0 Å². The van der Waals surface area contributed by atoms with Gasteiger partial charge in [-0.3, -0.25) is 0 Å². The van der Waals surface area contributed by atoms with Gasteiger partial charge in [0.2, 0.25) is 0 Å². The molecule has 2 rings (SSSR count). The van der Waals surface area contributed by atoms with E-state index in [1.54, 1.807) is 0 Å². The number of ether oxygens (including phenoxy) is 3. The second-order valence-electron chi connectivity index (χ2n) is 6.01. The molecule has 0 aromatic rings. The van der Waals surface area contributed by atoms with Gasteiger partial charge in [-0.05, 0) is 32.1 Å². The summed E-state index contributed by atoms with van der Waals surface area (Å²) in [6.45, 7) is 4.33. The zero-order valence-electron chi connectivity index (χ0n) is 12.7. The van der Waals surface area contributed by atoms with Crippen LogP contribution in [0.15, 0.2) is 0 Å². The molecule has 20 heavy (non-hydrogen) atoms. The number of carbonyl (C=O) groups excluding carboxylic acids is 1. The van der Waals surface area contributed by atoms with Crippen molar-refractivity contribution in [3.8, 4) is 0 Å². The van der Waals surface area contributed by atoms with Crippen LogP contribution in [0.2, 0.25) is 0 Å². The smallest absolute Gasteiger partial charge is 0.340 e. The third-order valence-electron chi connectivity index (χ3n) is 4.40. The fraction of sp³-hybridized carbons (Fsp3) is 0.938. The summed E-state index contributed by atoms with van der Waals surface area (Å²) in [5.74, 6) is 0.670. The molecule has 116 valence electrons. The molecule has 0 N–H and O–H groups in total. The van der Waals surface area contributed by atoms with Gasteiger partial charge in [0.05, 0.1) is 13.2 Å². The predicted molar refractivity (Wildman–Crippen MR) is 76.6 cm³/mol. The first-order valence-corrected chi connectivity index (χ1v) is 8.16. The fourth-order valence-electron chi connectivity index (χ4n) is 3.00. The largest absolute Gasteiger partial charge is 0.464 e. The molecule has 0 aromatic heterocycles. The highest BCUT2D eigenvalue weighted by Gasteiger charge is 2.53. The quantitative estimate of drug-likeness (QED) is 0.371. The van der Waals surface area contributed by atoms with E-state index in [1.165, 1.54) is 38.5 Å². The number of hydrogen-bond donors (Lipinski definition) is 0. The zero-order valence-corrected chi connectivity index (χ0v) is 12.7. The number of rotatable bonds is 9. The van der Waals surface area contributed by atoms with Gasteiger partial charge in [-0.15, -0.1) is 0 Å². The lowest BCUT2D eigenvalue weighted by atomic mass is 9.87. The second kappa shape index (κ2) is 7.99. The van der Waals surface area contributed by atoms with E-state index in [-0.39, 0.29) is 5.97 Å². The van der Waals surface area contributed by atoms with Crippen molar-refractivity contribution in [2.45, 2.75) is 63.9 Å². The number of esters is 1. The van der Waals surface area contributed by atoms with Gasteiger partial charge in [0.1, 0.15) is 0 Å². The highest BCUT2D eigenvalue weighted by molar-refractivity contribution is 5.82. The van der Waals surface area contributed by atoms with Gasteiger partial charge in [-0.1, -0.05) is 32.1 Å². The summed E-state index contributed by atoms with van der Waals surface area (Å²) in [4.78, 5) is 11.7. The van der Waals surface area contributed by atoms with E-state index < -0.39 is 5.60 Å². The fourth-order valence-corrected chi connectivity index (χ4v) is 3.00. The predicted octanol–water partition coefficient (Wildman–Crippen LogP) is 3.09. The second-order valence-corrected chi connectivity index (χ2v) is 6.01. The van der Waals surface area contributed by atoms with Crippen molar-refractivity contribution in [1.82, 2.24) is 0 Å². The summed E-state index contributed by atoms with van der Waals surface area (Å²) >= 11 is 0. The molecule has 2 aliphatic rings. The summed E-state index contributed by atoms with van der Waals surface area (Å²) in [5, 5.41) is 0. The van der Waals surface area contributed by atoms with Crippen LogP contribution in [0.1, 0.15) is 58.3 Å². The Balaban J connectivity index is 1.48. The van der Waals surface area contributed by atoms with Gasteiger partial charge in [-0.2, -0.15) is 0 Å². The molecule has 4 nitrogen and oxygen atoms in total. The molecule has 0 bridgehead atoms. The van der Waals surface area contributed by atoms with E-state index in [0.29, 0.717) is 13.2 Å². The molecular weight excluding hydrogens is 256 g/mol. The van der Waals surface area contributed by atoms with Gasteiger partial charge in [0.25, 0.3) is 0 Å². The van der Waals surface area contributed by atoms with Crippen LogP contribution >= 0.6 is 0 Å². The van der Waals surface area contributed by atoms with Gasteiger partial charge < -0.3 is 14.2 Å². The standard InChI is InChI=1S/C16H28O4/c1-2-19-15(17)16(13-20-16)10-6-11-18-12-9-14-7-4-3-5-8-14/h14H,2-13H2,1H3. The summed E-state index contributed by atoms with van der Waals surface area (Å²) in [6.07, 6.45) is 9.73. The molecular formula is C16H28O4. The van der Waals surface area contributed by atoms with E-state index in [4.69, 9.17) is 14.2 Å². The van der Waals surface area contributed by atoms with Crippen LogP contribution in [0.5, 0.6) is 0 Å².